The Morgan fingerprint density at radius 2 is 2.00 bits per heavy atom. The van der Waals surface area contributed by atoms with Gasteiger partial charge in [-0.05, 0) is 26.5 Å². The topological polar surface area (TPSA) is 38.3 Å². The Morgan fingerprint density at radius 3 is 2.50 bits per heavy atom. The first-order valence-corrected chi connectivity index (χ1v) is 5.56. The number of benzene rings is 1. The van der Waals surface area contributed by atoms with Gasteiger partial charge in [0.05, 0.1) is 13.0 Å². The Morgan fingerprint density at radius 1 is 1.38 bits per heavy atom. The number of carbonyl (C=O) groups is 1. The van der Waals surface area contributed by atoms with Crippen molar-refractivity contribution in [1.29, 1.82) is 0 Å². The lowest BCUT2D eigenvalue weighted by molar-refractivity contribution is -0.143. The summed E-state index contributed by atoms with van der Waals surface area (Å²) in [4.78, 5) is 11.4. The summed E-state index contributed by atoms with van der Waals surface area (Å²) < 4.78 is 4.94. The molecular formula is C13H19NO2. The zero-order chi connectivity index (χ0) is 12.0. The summed E-state index contributed by atoms with van der Waals surface area (Å²) in [6.07, 6.45) is 0.368. The van der Waals surface area contributed by atoms with Gasteiger partial charge in [-0.25, -0.2) is 0 Å². The minimum Gasteiger partial charge on any atom is -0.466 e. The predicted octanol–water partition coefficient (Wildman–Crippen LogP) is 2.21. The SMILES string of the molecule is CCOC(=O)C[C@@H](NC)c1ccc(C)cc1. The van der Waals surface area contributed by atoms with Gasteiger partial charge in [-0.1, -0.05) is 29.8 Å². The zero-order valence-corrected chi connectivity index (χ0v) is 10.1. The smallest absolute Gasteiger partial charge is 0.307 e. The maximum atomic E-state index is 11.4. The van der Waals surface area contributed by atoms with Crippen LogP contribution >= 0.6 is 0 Å². The van der Waals surface area contributed by atoms with Crippen LogP contribution in [0, 0.1) is 6.92 Å². The average Bonchev–Trinajstić information content (AvgIpc) is 2.27. The maximum Gasteiger partial charge on any atom is 0.307 e. The van der Waals surface area contributed by atoms with Gasteiger partial charge in [-0.15, -0.1) is 0 Å². The molecule has 3 heteroatoms. The first-order chi connectivity index (χ1) is 7.67. The highest BCUT2D eigenvalue weighted by Gasteiger charge is 2.14. The van der Waals surface area contributed by atoms with Crippen LogP contribution in [0.4, 0.5) is 0 Å². The van der Waals surface area contributed by atoms with Gasteiger partial charge in [-0.2, -0.15) is 0 Å². The highest BCUT2D eigenvalue weighted by atomic mass is 16.5. The largest absolute Gasteiger partial charge is 0.466 e. The second kappa shape index (κ2) is 6.28. The summed E-state index contributed by atoms with van der Waals surface area (Å²) in [6, 6.07) is 8.20. The molecule has 0 fully saturated rings. The number of hydrogen-bond acceptors (Lipinski definition) is 3. The van der Waals surface area contributed by atoms with E-state index in [0.29, 0.717) is 13.0 Å². The van der Waals surface area contributed by atoms with E-state index in [0.717, 1.165) is 5.56 Å². The molecule has 0 saturated carbocycles. The van der Waals surface area contributed by atoms with Crippen molar-refractivity contribution in [2.45, 2.75) is 26.3 Å². The van der Waals surface area contributed by atoms with Gasteiger partial charge in [0.25, 0.3) is 0 Å². The van der Waals surface area contributed by atoms with E-state index < -0.39 is 0 Å². The molecule has 0 amide bonds. The standard InChI is InChI=1S/C13H19NO2/c1-4-16-13(15)9-12(14-3)11-7-5-10(2)6-8-11/h5-8,12,14H,4,9H2,1-3H3/t12-/m1/s1. The fourth-order valence-corrected chi connectivity index (χ4v) is 1.57. The molecule has 3 nitrogen and oxygen atoms in total. The fourth-order valence-electron chi connectivity index (χ4n) is 1.57. The minimum atomic E-state index is -0.164. The summed E-state index contributed by atoms with van der Waals surface area (Å²) in [5.74, 6) is -0.164. The van der Waals surface area contributed by atoms with E-state index in [1.807, 2.05) is 45.2 Å². The Bertz CT molecular complexity index is 332. The van der Waals surface area contributed by atoms with E-state index in [4.69, 9.17) is 4.74 Å². The lowest BCUT2D eigenvalue weighted by atomic mass is 10.0. The second-order valence-electron chi connectivity index (χ2n) is 3.76. The van der Waals surface area contributed by atoms with Gasteiger partial charge in [0.1, 0.15) is 0 Å². The number of carbonyl (C=O) groups excluding carboxylic acids is 1. The Balaban J connectivity index is 2.67. The van der Waals surface area contributed by atoms with E-state index in [2.05, 4.69) is 5.32 Å². The summed E-state index contributed by atoms with van der Waals surface area (Å²) in [5, 5.41) is 3.13. The van der Waals surface area contributed by atoms with E-state index in [9.17, 15) is 4.79 Å². The van der Waals surface area contributed by atoms with E-state index in [1.54, 1.807) is 0 Å². The molecule has 1 N–H and O–H groups in total. The number of rotatable bonds is 5. The quantitative estimate of drug-likeness (QED) is 0.775. The van der Waals surface area contributed by atoms with Gasteiger partial charge < -0.3 is 10.1 Å². The molecule has 1 rings (SSSR count). The van der Waals surface area contributed by atoms with Crippen LogP contribution in [0.15, 0.2) is 24.3 Å². The van der Waals surface area contributed by atoms with Crippen LogP contribution in [0.2, 0.25) is 0 Å². The Kier molecular flexibility index (Phi) is 4.99. The van der Waals surface area contributed by atoms with Crippen LogP contribution in [0.5, 0.6) is 0 Å². The van der Waals surface area contributed by atoms with Crippen molar-refractivity contribution >= 4 is 5.97 Å². The van der Waals surface area contributed by atoms with Gasteiger partial charge in [-0.3, -0.25) is 4.79 Å². The lowest BCUT2D eigenvalue weighted by Gasteiger charge is -2.15. The predicted molar refractivity (Wildman–Crippen MR) is 64.2 cm³/mol. The highest BCUT2D eigenvalue weighted by Crippen LogP contribution is 2.17. The molecule has 0 heterocycles. The third kappa shape index (κ3) is 3.66. The molecule has 0 bridgehead atoms. The molecule has 16 heavy (non-hydrogen) atoms. The molecule has 0 unspecified atom stereocenters. The number of ether oxygens (including phenoxy) is 1. The number of nitrogens with one attached hydrogen (secondary N) is 1. The average molecular weight is 221 g/mol. The van der Waals surface area contributed by atoms with E-state index in [1.165, 1.54) is 5.56 Å². The third-order valence-corrected chi connectivity index (χ3v) is 2.50. The van der Waals surface area contributed by atoms with Crippen molar-refractivity contribution in [3.63, 3.8) is 0 Å². The molecule has 0 spiro atoms. The first kappa shape index (κ1) is 12.7. The first-order valence-electron chi connectivity index (χ1n) is 5.56. The number of aryl methyl sites for hydroxylation is 1. The molecule has 0 aliphatic rings. The zero-order valence-electron chi connectivity index (χ0n) is 10.1. The fraction of sp³-hybridized carbons (Fsp3) is 0.462. The molecule has 88 valence electrons. The van der Waals surface area contributed by atoms with Gasteiger partial charge in [0.2, 0.25) is 0 Å². The van der Waals surface area contributed by atoms with Gasteiger partial charge in [0, 0.05) is 6.04 Å². The van der Waals surface area contributed by atoms with Crippen LogP contribution in [-0.4, -0.2) is 19.6 Å². The summed E-state index contributed by atoms with van der Waals surface area (Å²) in [7, 11) is 1.85. The second-order valence-corrected chi connectivity index (χ2v) is 3.76. The minimum absolute atomic E-state index is 0.0275. The van der Waals surface area contributed by atoms with Crippen LogP contribution < -0.4 is 5.32 Å². The van der Waals surface area contributed by atoms with Crippen LogP contribution in [-0.2, 0) is 9.53 Å². The van der Waals surface area contributed by atoms with Crippen LogP contribution in [0.25, 0.3) is 0 Å². The van der Waals surface area contributed by atoms with Crippen molar-refractivity contribution in [2.75, 3.05) is 13.7 Å². The van der Waals surface area contributed by atoms with E-state index >= 15 is 0 Å². The number of esters is 1. The molecular weight excluding hydrogens is 202 g/mol. The lowest BCUT2D eigenvalue weighted by Crippen LogP contribution is -2.21. The van der Waals surface area contributed by atoms with Crippen LogP contribution in [0.3, 0.4) is 0 Å². The summed E-state index contributed by atoms with van der Waals surface area (Å²) in [6.45, 7) is 4.30. The Hall–Kier alpha value is -1.35. The molecule has 0 aromatic heterocycles. The van der Waals surface area contributed by atoms with Crippen molar-refractivity contribution in [1.82, 2.24) is 5.32 Å². The molecule has 0 saturated heterocycles. The molecule has 0 radical (unpaired) electrons. The molecule has 1 aromatic rings. The van der Waals surface area contributed by atoms with Crippen molar-refractivity contribution < 1.29 is 9.53 Å². The van der Waals surface area contributed by atoms with Crippen LogP contribution in [0.1, 0.15) is 30.5 Å². The highest BCUT2D eigenvalue weighted by molar-refractivity contribution is 5.70. The normalized spacial score (nSPS) is 12.2. The molecule has 0 aliphatic heterocycles. The van der Waals surface area contributed by atoms with Gasteiger partial charge in [0.15, 0.2) is 0 Å². The summed E-state index contributed by atoms with van der Waals surface area (Å²) in [5.41, 5.74) is 2.33. The molecule has 1 atom stereocenters. The van der Waals surface area contributed by atoms with Crippen molar-refractivity contribution in [3.05, 3.63) is 35.4 Å². The van der Waals surface area contributed by atoms with Gasteiger partial charge >= 0.3 is 5.97 Å². The summed E-state index contributed by atoms with van der Waals surface area (Å²) >= 11 is 0. The molecule has 0 aliphatic carbocycles. The monoisotopic (exact) mass is 221 g/mol. The van der Waals surface area contributed by atoms with Crippen molar-refractivity contribution in [2.24, 2.45) is 0 Å². The van der Waals surface area contributed by atoms with Crippen molar-refractivity contribution in [3.8, 4) is 0 Å². The molecule has 1 aromatic carbocycles. The third-order valence-electron chi connectivity index (χ3n) is 2.50. The Labute approximate surface area is 96.8 Å². The maximum absolute atomic E-state index is 11.4. The van der Waals surface area contributed by atoms with E-state index in [-0.39, 0.29) is 12.0 Å². The number of hydrogen-bond donors (Lipinski definition) is 1.